The molecule has 1 aromatic heterocycles. The molecule has 1 aromatic carbocycles. The van der Waals surface area contributed by atoms with Crippen LogP contribution in [0, 0.1) is 12.7 Å². The number of halogens is 2. The number of rotatable bonds is 5. The maximum atomic E-state index is 13.8. The molecule has 25 heavy (non-hydrogen) atoms. The molecule has 0 unspecified atom stereocenters. The summed E-state index contributed by atoms with van der Waals surface area (Å²) in [5, 5.41) is 2.68. The van der Waals surface area contributed by atoms with Crippen molar-refractivity contribution in [2.45, 2.75) is 13.5 Å². The summed E-state index contributed by atoms with van der Waals surface area (Å²) < 4.78 is 14.6. The summed E-state index contributed by atoms with van der Waals surface area (Å²) in [6.07, 6.45) is 0. The summed E-state index contributed by atoms with van der Waals surface area (Å²) in [6.45, 7) is 7.13. The van der Waals surface area contributed by atoms with Crippen LogP contribution in [0.3, 0.4) is 0 Å². The van der Waals surface area contributed by atoms with Gasteiger partial charge >= 0.3 is 0 Å². The maximum absolute atomic E-state index is 13.8. The highest BCUT2D eigenvalue weighted by molar-refractivity contribution is 7.16. The van der Waals surface area contributed by atoms with E-state index >= 15 is 0 Å². The van der Waals surface area contributed by atoms with Crippen LogP contribution < -0.4 is 15.1 Å². The van der Waals surface area contributed by atoms with Gasteiger partial charge in [-0.15, -0.1) is 11.3 Å². The Hall–Kier alpha value is -1.47. The first-order valence-corrected chi connectivity index (χ1v) is 9.66. The predicted octanol–water partition coefficient (Wildman–Crippen LogP) is 0.771. The van der Waals surface area contributed by atoms with Gasteiger partial charge in [0.1, 0.15) is 38.5 Å². The molecule has 2 aromatic rings. The Morgan fingerprint density at radius 2 is 1.92 bits per heavy atom. The van der Waals surface area contributed by atoms with E-state index in [1.165, 1.54) is 20.7 Å². The Bertz CT molecular complexity index is 744. The Labute approximate surface area is 156 Å². The van der Waals surface area contributed by atoms with Crippen LogP contribution in [0.4, 0.5) is 10.1 Å². The van der Waals surface area contributed by atoms with E-state index in [0.717, 1.165) is 42.6 Å². The van der Waals surface area contributed by atoms with Gasteiger partial charge in [-0.3, -0.25) is 4.79 Å². The van der Waals surface area contributed by atoms with Gasteiger partial charge in [0, 0.05) is 0 Å². The second-order valence-corrected chi connectivity index (χ2v) is 8.39. The molecular formula is C18H23ClFN3OS+2. The van der Waals surface area contributed by atoms with Crippen LogP contribution in [0.25, 0.3) is 0 Å². The minimum Gasteiger partial charge on any atom is -0.321 e. The normalized spacial score (nSPS) is 20.4. The highest BCUT2D eigenvalue weighted by Gasteiger charge is 2.25. The molecule has 4 nitrogen and oxygen atoms in total. The SMILES string of the molecule is Cc1ccc(NC(=O)C[NH+]2CC[NH+](Cc3ccc(Cl)s3)CC2)c(F)c1. The summed E-state index contributed by atoms with van der Waals surface area (Å²) in [4.78, 5) is 16.2. The summed E-state index contributed by atoms with van der Waals surface area (Å²) in [7, 11) is 0. The third-order valence-electron chi connectivity index (χ3n) is 4.53. The minimum atomic E-state index is -0.382. The van der Waals surface area contributed by atoms with Gasteiger partial charge in [0.15, 0.2) is 6.54 Å². The third-order valence-corrected chi connectivity index (χ3v) is 5.76. The van der Waals surface area contributed by atoms with Crippen LogP contribution in [-0.4, -0.2) is 38.6 Å². The van der Waals surface area contributed by atoms with Crippen molar-refractivity contribution in [3.05, 3.63) is 50.9 Å². The van der Waals surface area contributed by atoms with E-state index in [2.05, 4.69) is 11.4 Å². The lowest BCUT2D eigenvalue weighted by Gasteiger charge is -2.29. The largest absolute Gasteiger partial charge is 0.321 e. The zero-order valence-electron chi connectivity index (χ0n) is 14.2. The maximum Gasteiger partial charge on any atom is 0.279 e. The Morgan fingerprint density at radius 1 is 1.20 bits per heavy atom. The minimum absolute atomic E-state index is 0.133. The van der Waals surface area contributed by atoms with E-state index in [0.29, 0.717) is 6.54 Å². The molecule has 0 saturated carbocycles. The number of anilines is 1. The van der Waals surface area contributed by atoms with Gasteiger partial charge in [-0.1, -0.05) is 17.7 Å². The molecule has 0 aliphatic carbocycles. The Kier molecular flexibility index (Phi) is 6.06. The van der Waals surface area contributed by atoms with E-state index in [1.54, 1.807) is 23.5 Å². The molecule has 7 heteroatoms. The molecule has 1 saturated heterocycles. The van der Waals surface area contributed by atoms with Crippen LogP contribution in [-0.2, 0) is 11.3 Å². The zero-order chi connectivity index (χ0) is 17.8. The van der Waals surface area contributed by atoms with Crippen molar-refractivity contribution in [1.82, 2.24) is 0 Å². The molecule has 0 radical (unpaired) electrons. The predicted molar refractivity (Wildman–Crippen MR) is 99.1 cm³/mol. The summed E-state index contributed by atoms with van der Waals surface area (Å²) in [5.41, 5.74) is 1.10. The Balaban J connectivity index is 1.44. The summed E-state index contributed by atoms with van der Waals surface area (Å²) in [6, 6.07) is 8.87. The average Bonchev–Trinajstić information content (AvgIpc) is 2.97. The number of aryl methyl sites for hydroxylation is 1. The van der Waals surface area contributed by atoms with E-state index in [1.807, 2.05) is 13.0 Å². The zero-order valence-corrected chi connectivity index (χ0v) is 15.8. The van der Waals surface area contributed by atoms with Crippen molar-refractivity contribution >= 4 is 34.5 Å². The highest BCUT2D eigenvalue weighted by atomic mass is 35.5. The molecule has 2 heterocycles. The number of hydrogen-bond acceptors (Lipinski definition) is 2. The molecular weight excluding hydrogens is 361 g/mol. The Morgan fingerprint density at radius 3 is 2.56 bits per heavy atom. The number of hydrogen-bond donors (Lipinski definition) is 3. The molecule has 134 valence electrons. The number of piperazine rings is 1. The monoisotopic (exact) mass is 383 g/mol. The highest BCUT2D eigenvalue weighted by Crippen LogP contribution is 2.20. The second kappa shape index (κ2) is 8.27. The molecule has 0 spiro atoms. The number of carbonyl (C=O) groups excluding carboxylic acids is 1. The fourth-order valence-electron chi connectivity index (χ4n) is 3.15. The van der Waals surface area contributed by atoms with Crippen LogP contribution in [0.2, 0.25) is 4.34 Å². The van der Waals surface area contributed by atoms with E-state index in [9.17, 15) is 9.18 Å². The first-order valence-electron chi connectivity index (χ1n) is 8.47. The van der Waals surface area contributed by atoms with Gasteiger partial charge in [-0.25, -0.2) is 4.39 Å². The molecule has 1 aliphatic heterocycles. The van der Waals surface area contributed by atoms with Crippen molar-refractivity contribution < 1.29 is 19.0 Å². The standard InChI is InChI=1S/C18H21ClFN3OS/c1-13-2-4-16(15(20)10-13)21-18(24)12-23-8-6-22(7-9-23)11-14-3-5-17(19)25-14/h2-5,10H,6-9,11-12H2,1H3,(H,21,24)/p+2. The van der Waals surface area contributed by atoms with Gasteiger partial charge in [-0.2, -0.15) is 0 Å². The molecule has 3 N–H and O–H groups in total. The smallest absolute Gasteiger partial charge is 0.279 e. The van der Waals surface area contributed by atoms with Gasteiger partial charge < -0.3 is 15.1 Å². The van der Waals surface area contributed by atoms with Gasteiger partial charge in [0.2, 0.25) is 0 Å². The van der Waals surface area contributed by atoms with Crippen molar-refractivity contribution in [3.63, 3.8) is 0 Å². The molecule has 1 aliphatic rings. The van der Waals surface area contributed by atoms with Gasteiger partial charge in [0.05, 0.1) is 14.9 Å². The van der Waals surface area contributed by atoms with Crippen LogP contribution >= 0.6 is 22.9 Å². The van der Waals surface area contributed by atoms with Crippen molar-refractivity contribution in [1.29, 1.82) is 0 Å². The molecule has 0 atom stereocenters. The lowest BCUT2D eigenvalue weighted by Crippen LogP contribution is -3.28. The number of amides is 1. The van der Waals surface area contributed by atoms with Gasteiger partial charge in [-0.05, 0) is 36.8 Å². The molecule has 3 rings (SSSR count). The van der Waals surface area contributed by atoms with E-state index in [4.69, 9.17) is 11.6 Å². The first kappa shape index (κ1) is 18.3. The second-order valence-electron chi connectivity index (χ2n) is 6.59. The van der Waals surface area contributed by atoms with Crippen LogP contribution in [0.15, 0.2) is 30.3 Å². The lowest BCUT2D eigenvalue weighted by molar-refractivity contribution is -1.01. The average molecular weight is 384 g/mol. The van der Waals surface area contributed by atoms with Crippen LogP contribution in [0.5, 0.6) is 0 Å². The summed E-state index contributed by atoms with van der Waals surface area (Å²) >= 11 is 7.61. The van der Waals surface area contributed by atoms with E-state index < -0.39 is 0 Å². The number of benzene rings is 1. The molecule has 1 fully saturated rings. The molecule has 0 bridgehead atoms. The fourth-order valence-corrected chi connectivity index (χ4v) is 4.31. The molecule has 1 amide bonds. The van der Waals surface area contributed by atoms with E-state index in [-0.39, 0.29) is 17.4 Å². The summed E-state index contributed by atoms with van der Waals surface area (Å²) in [5.74, 6) is -0.515. The number of thiophene rings is 1. The lowest BCUT2D eigenvalue weighted by atomic mass is 10.2. The van der Waals surface area contributed by atoms with Crippen LogP contribution in [0.1, 0.15) is 10.4 Å². The van der Waals surface area contributed by atoms with Gasteiger partial charge in [0.25, 0.3) is 5.91 Å². The quantitative estimate of drug-likeness (QED) is 0.701. The number of quaternary nitrogens is 2. The number of carbonyl (C=O) groups is 1. The fraction of sp³-hybridized carbons (Fsp3) is 0.389. The van der Waals surface area contributed by atoms with Crippen molar-refractivity contribution in [3.8, 4) is 0 Å². The third kappa shape index (κ3) is 5.25. The van der Waals surface area contributed by atoms with Crippen molar-refractivity contribution in [2.24, 2.45) is 0 Å². The topological polar surface area (TPSA) is 38.0 Å². The van der Waals surface area contributed by atoms with Crippen molar-refractivity contribution in [2.75, 3.05) is 38.0 Å². The first-order chi connectivity index (χ1) is 12.0. The number of nitrogens with one attached hydrogen (secondary N) is 3.